The van der Waals surface area contributed by atoms with Crippen LogP contribution in [0.2, 0.25) is 0 Å². The molecule has 4 heteroatoms. The predicted molar refractivity (Wildman–Crippen MR) is 65.0 cm³/mol. The molecule has 0 saturated carbocycles. The van der Waals surface area contributed by atoms with Crippen molar-refractivity contribution in [2.24, 2.45) is 0 Å². The standard InChI is InChI=1S/C13H14N2O2/c16-13(15-9-5-6-14-7-9)11-8-17-12-4-2-1-3-10(11)12/h1-4,8-9,14H,5-7H2,(H,15,16). The zero-order chi connectivity index (χ0) is 11.7. The summed E-state index contributed by atoms with van der Waals surface area (Å²) >= 11 is 0. The molecule has 2 aromatic rings. The highest BCUT2D eigenvalue weighted by Gasteiger charge is 2.19. The number of nitrogens with one attached hydrogen (secondary N) is 2. The second-order valence-corrected chi connectivity index (χ2v) is 4.31. The maximum Gasteiger partial charge on any atom is 0.255 e. The van der Waals surface area contributed by atoms with Crippen molar-refractivity contribution in [1.29, 1.82) is 0 Å². The fourth-order valence-corrected chi connectivity index (χ4v) is 2.19. The van der Waals surface area contributed by atoms with Gasteiger partial charge in [0.2, 0.25) is 0 Å². The highest BCUT2D eigenvalue weighted by atomic mass is 16.3. The maximum absolute atomic E-state index is 12.1. The molecule has 1 saturated heterocycles. The summed E-state index contributed by atoms with van der Waals surface area (Å²) in [6.45, 7) is 1.82. The van der Waals surface area contributed by atoms with Gasteiger partial charge in [-0.2, -0.15) is 0 Å². The molecule has 1 aliphatic heterocycles. The van der Waals surface area contributed by atoms with Crippen molar-refractivity contribution in [2.75, 3.05) is 13.1 Å². The van der Waals surface area contributed by atoms with E-state index in [2.05, 4.69) is 10.6 Å². The lowest BCUT2D eigenvalue weighted by atomic mass is 10.1. The first-order valence-corrected chi connectivity index (χ1v) is 5.82. The van der Waals surface area contributed by atoms with Gasteiger partial charge in [-0.15, -0.1) is 0 Å². The third-order valence-electron chi connectivity index (χ3n) is 3.12. The van der Waals surface area contributed by atoms with Gasteiger partial charge in [-0.3, -0.25) is 4.79 Å². The van der Waals surface area contributed by atoms with Gasteiger partial charge in [0.1, 0.15) is 11.8 Å². The molecule has 88 valence electrons. The number of hydrogen-bond donors (Lipinski definition) is 2. The van der Waals surface area contributed by atoms with E-state index in [9.17, 15) is 4.79 Å². The molecule has 17 heavy (non-hydrogen) atoms. The van der Waals surface area contributed by atoms with Crippen LogP contribution in [0.3, 0.4) is 0 Å². The molecule has 1 aromatic carbocycles. The van der Waals surface area contributed by atoms with E-state index >= 15 is 0 Å². The topological polar surface area (TPSA) is 54.3 Å². The van der Waals surface area contributed by atoms with Crippen molar-refractivity contribution in [1.82, 2.24) is 10.6 Å². The fraction of sp³-hybridized carbons (Fsp3) is 0.308. The lowest BCUT2D eigenvalue weighted by Gasteiger charge is -2.09. The van der Waals surface area contributed by atoms with Crippen LogP contribution in [-0.2, 0) is 0 Å². The highest BCUT2D eigenvalue weighted by Crippen LogP contribution is 2.20. The number of hydrogen-bond acceptors (Lipinski definition) is 3. The Bertz CT molecular complexity index is 541. The monoisotopic (exact) mass is 230 g/mol. The van der Waals surface area contributed by atoms with Crippen molar-refractivity contribution in [2.45, 2.75) is 12.5 Å². The zero-order valence-electron chi connectivity index (χ0n) is 9.40. The van der Waals surface area contributed by atoms with Crippen molar-refractivity contribution in [3.05, 3.63) is 36.1 Å². The molecule has 4 nitrogen and oxygen atoms in total. The van der Waals surface area contributed by atoms with E-state index in [0.717, 1.165) is 30.5 Å². The fourth-order valence-electron chi connectivity index (χ4n) is 2.19. The number of para-hydroxylation sites is 1. The highest BCUT2D eigenvalue weighted by molar-refractivity contribution is 6.05. The Labute approximate surface area is 99.0 Å². The van der Waals surface area contributed by atoms with Gasteiger partial charge in [-0.25, -0.2) is 0 Å². The normalized spacial score (nSPS) is 19.6. The zero-order valence-corrected chi connectivity index (χ0v) is 9.40. The van der Waals surface area contributed by atoms with Crippen LogP contribution >= 0.6 is 0 Å². The van der Waals surface area contributed by atoms with Crippen LogP contribution in [0.15, 0.2) is 34.9 Å². The van der Waals surface area contributed by atoms with Gasteiger partial charge in [0.25, 0.3) is 5.91 Å². The van der Waals surface area contributed by atoms with Crippen LogP contribution in [0.4, 0.5) is 0 Å². The Morgan fingerprint density at radius 2 is 2.29 bits per heavy atom. The Morgan fingerprint density at radius 1 is 1.41 bits per heavy atom. The van der Waals surface area contributed by atoms with Gasteiger partial charge in [0.05, 0.1) is 5.56 Å². The molecule has 1 amide bonds. The number of fused-ring (bicyclic) bond motifs is 1. The van der Waals surface area contributed by atoms with Crippen molar-refractivity contribution >= 4 is 16.9 Å². The molecule has 2 heterocycles. The second kappa shape index (κ2) is 4.22. The summed E-state index contributed by atoms with van der Waals surface area (Å²) in [5, 5.41) is 7.11. The second-order valence-electron chi connectivity index (χ2n) is 4.31. The van der Waals surface area contributed by atoms with Crippen LogP contribution in [0.1, 0.15) is 16.8 Å². The van der Waals surface area contributed by atoms with E-state index in [-0.39, 0.29) is 11.9 Å². The van der Waals surface area contributed by atoms with Gasteiger partial charge in [-0.1, -0.05) is 18.2 Å². The number of furan rings is 1. The average molecular weight is 230 g/mol. The number of carbonyl (C=O) groups is 1. The Balaban J connectivity index is 1.85. The smallest absolute Gasteiger partial charge is 0.255 e. The van der Waals surface area contributed by atoms with E-state index < -0.39 is 0 Å². The number of carbonyl (C=O) groups excluding carboxylic acids is 1. The molecule has 1 aliphatic rings. The summed E-state index contributed by atoms with van der Waals surface area (Å²) in [5.74, 6) is -0.0522. The van der Waals surface area contributed by atoms with E-state index in [4.69, 9.17) is 4.42 Å². The van der Waals surface area contributed by atoms with E-state index in [0.29, 0.717) is 5.56 Å². The van der Waals surface area contributed by atoms with Crippen molar-refractivity contribution < 1.29 is 9.21 Å². The molecule has 1 atom stereocenters. The first-order valence-electron chi connectivity index (χ1n) is 5.82. The van der Waals surface area contributed by atoms with Crippen molar-refractivity contribution in [3.8, 4) is 0 Å². The first kappa shape index (κ1) is 10.4. The summed E-state index contributed by atoms with van der Waals surface area (Å²) in [6.07, 6.45) is 2.52. The van der Waals surface area contributed by atoms with Gasteiger partial charge in [0, 0.05) is 18.0 Å². The van der Waals surface area contributed by atoms with E-state index in [1.165, 1.54) is 6.26 Å². The average Bonchev–Trinajstić information content (AvgIpc) is 2.96. The van der Waals surface area contributed by atoms with E-state index in [1.54, 1.807) is 0 Å². The third kappa shape index (κ3) is 1.91. The molecular formula is C13H14N2O2. The molecule has 2 N–H and O–H groups in total. The molecular weight excluding hydrogens is 216 g/mol. The SMILES string of the molecule is O=C(NC1CCNC1)c1coc2ccccc12. The molecule has 0 aliphatic carbocycles. The maximum atomic E-state index is 12.1. The minimum absolute atomic E-state index is 0.0522. The first-order chi connectivity index (χ1) is 8.34. The van der Waals surface area contributed by atoms with Gasteiger partial charge < -0.3 is 15.1 Å². The molecule has 0 bridgehead atoms. The van der Waals surface area contributed by atoms with E-state index in [1.807, 2.05) is 24.3 Å². The van der Waals surface area contributed by atoms with Crippen molar-refractivity contribution in [3.63, 3.8) is 0 Å². The van der Waals surface area contributed by atoms with Gasteiger partial charge in [0.15, 0.2) is 0 Å². The number of amides is 1. The Morgan fingerprint density at radius 3 is 3.12 bits per heavy atom. The molecule has 0 spiro atoms. The molecule has 1 aromatic heterocycles. The summed E-state index contributed by atoms with van der Waals surface area (Å²) in [4.78, 5) is 12.1. The minimum atomic E-state index is -0.0522. The van der Waals surface area contributed by atoms with Gasteiger partial charge >= 0.3 is 0 Å². The Kier molecular flexibility index (Phi) is 2.57. The van der Waals surface area contributed by atoms with Crippen LogP contribution < -0.4 is 10.6 Å². The number of benzene rings is 1. The summed E-state index contributed by atoms with van der Waals surface area (Å²) in [5.41, 5.74) is 1.37. The van der Waals surface area contributed by atoms with Crippen LogP contribution in [0, 0.1) is 0 Å². The largest absolute Gasteiger partial charge is 0.463 e. The lowest BCUT2D eigenvalue weighted by molar-refractivity contribution is 0.0941. The minimum Gasteiger partial charge on any atom is -0.463 e. The number of rotatable bonds is 2. The van der Waals surface area contributed by atoms with Crippen LogP contribution in [0.5, 0.6) is 0 Å². The Hall–Kier alpha value is -1.81. The quantitative estimate of drug-likeness (QED) is 0.822. The summed E-state index contributed by atoms with van der Waals surface area (Å²) in [6, 6.07) is 7.81. The molecule has 1 unspecified atom stereocenters. The predicted octanol–water partition coefficient (Wildman–Crippen LogP) is 1.52. The molecule has 0 radical (unpaired) electrons. The lowest BCUT2D eigenvalue weighted by Crippen LogP contribution is -2.36. The molecule has 3 rings (SSSR count). The summed E-state index contributed by atoms with van der Waals surface area (Å²) < 4.78 is 5.36. The summed E-state index contributed by atoms with van der Waals surface area (Å²) in [7, 11) is 0. The molecule has 1 fully saturated rings. The van der Waals surface area contributed by atoms with Crippen LogP contribution in [-0.4, -0.2) is 25.0 Å². The third-order valence-corrected chi connectivity index (χ3v) is 3.12. The van der Waals surface area contributed by atoms with Crippen LogP contribution in [0.25, 0.3) is 11.0 Å². The van der Waals surface area contributed by atoms with Gasteiger partial charge in [-0.05, 0) is 19.0 Å².